The number of esters is 1. The van der Waals surface area contributed by atoms with E-state index in [2.05, 4.69) is 20.6 Å². The van der Waals surface area contributed by atoms with Crippen LogP contribution in [-0.4, -0.2) is 33.6 Å². The van der Waals surface area contributed by atoms with Crippen LogP contribution in [0.2, 0.25) is 0 Å². The molecular weight excluding hydrogens is 360 g/mol. The van der Waals surface area contributed by atoms with E-state index >= 15 is 0 Å². The highest BCUT2D eigenvalue weighted by atomic mass is 16.5. The molecule has 2 aromatic carbocycles. The molecule has 0 fully saturated rings. The predicted molar refractivity (Wildman–Crippen MR) is 104 cm³/mol. The molecule has 0 aliphatic rings. The minimum atomic E-state index is -1.00. The number of nitrogens with one attached hydrogen (secondary N) is 2. The van der Waals surface area contributed by atoms with E-state index in [1.165, 1.54) is 18.5 Å². The van der Waals surface area contributed by atoms with Gasteiger partial charge in [-0.3, -0.25) is 0 Å². The number of benzene rings is 2. The lowest BCUT2D eigenvalue weighted by atomic mass is 10.2. The highest BCUT2D eigenvalue weighted by Crippen LogP contribution is 2.21. The van der Waals surface area contributed by atoms with E-state index in [4.69, 9.17) is 9.84 Å². The highest BCUT2D eigenvalue weighted by molar-refractivity contribution is 5.91. The average molecular weight is 378 g/mol. The third kappa shape index (κ3) is 4.82. The Morgan fingerprint density at radius 3 is 2.07 bits per heavy atom. The van der Waals surface area contributed by atoms with Gasteiger partial charge in [0.25, 0.3) is 0 Å². The molecule has 0 amide bonds. The van der Waals surface area contributed by atoms with Crippen LogP contribution in [-0.2, 0) is 4.74 Å². The molecule has 1 aromatic heterocycles. The summed E-state index contributed by atoms with van der Waals surface area (Å²) >= 11 is 0. The van der Waals surface area contributed by atoms with E-state index in [0.29, 0.717) is 35.2 Å². The third-order valence-corrected chi connectivity index (χ3v) is 3.70. The van der Waals surface area contributed by atoms with Crippen molar-refractivity contribution in [3.8, 4) is 0 Å². The lowest BCUT2D eigenvalue weighted by molar-refractivity contribution is 0.0526. The fourth-order valence-electron chi connectivity index (χ4n) is 2.46. The number of hydrogen-bond acceptors (Lipinski definition) is 7. The van der Waals surface area contributed by atoms with Gasteiger partial charge < -0.3 is 20.5 Å². The zero-order valence-electron chi connectivity index (χ0n) is 15.0. The van der Waals surface area contributed by atoms with Crippen molar-refractivity contribution in [2.75, 3.05) is 17.2 Å². The zero-order valence-corrected chi connectivity index (χ0v) is 15.0. The number of hydrogen-bond donors (Lipinski definition) is 3. The Balaban J connectivity index is 1.75. The molecule has 0 saturated heterocycles. The summed E-state index contributed by atoms with van der Waals surface area (Å²) in [7, 11) is 0. The SMILES string of the molecule is CCOC(=O)c1cccc(Nc2cc(Nc3cccc(C(=O)O)c3)ncn2)c1. The number of carbonyl (C=O) groups is 2. The van der Waals surface area contributed by atoms with Gasteiger partial charge in [-0.05, 0) is 43.3 Å². The molecule has 3 N–H and O–H groups in total. The molecule has 28 heavy (non-hydrogen) atoms. The summed E-state index contributed by atoms with van der Waals surface area (Å²) in [4.78, 5) is 31.2. The van der Waals surface area contributed by atoms with Crippen molar-refractivity contribution in [3.63, 3.8) is 0 Å². The summed E-state index contributed by atoms with van der Waals surface area (Å²) < 4.78 is 5.00. The quantitative estimate of drug-likeness (QED) is 0.532. The maximum atomic E-state index is 11.9. The maximum Gasteiger partial charge on any atom is 0.338 e. The molecule has 8 heteroatoms. The number of rotatable bonds is 7. The molecule has 3 rings (SSSR count). The van der Waals surface area contributed by atoms with Crippen molar-refractivity contribution >= 4 is 34.9 Å². The summed E-state index contributed by atoms with van der Waals surface area (Å²) in [5.41, 5.74) is 1.87. The van der Waals surface area contributed by atoms with Gasteiger partial charge in [-0.1, -0.05) is 12.1 Å². The van der Waals surface area contributed by atoms with Gasteiger partial charge >= 0.3 is 11.9 Å². The molecule has 0 radical (unpaired) electrons. The minimum Gasteiger partial charge on any atom is -0.478 e. The van der Waals surface area contributed by atoms with Gasteiger partial charge in [-0.25, -0.2) is 19.6 Å². The second-order valence-corrected chi connectivity index (χ2v) is 5.73. The van der Waals surface area contributed by atoms with Gasteiger partial charge in [-0.2, -0.15) is 0 Å². The topological polar surface area (TPSA) is 113 Å². The molecule has 142 valence electrons. The van der Waals surface area contributed by atoms with Crippen LogP contribution in [0.5, 0.6) is 0 Å². The molecular formula is C20H18N4O4. The third-order valence-electron chi connectivity index (χ3n) is 3.70. The Morgan fingerprint density at radius 1 is 0.929 bits per heavy atom. The van der Waals surface area contributed by atoms with Crippen LogP contribution in [0, 0.1) is 0 Å². The minimum absolute atomic E-state index is 0.174. The molecule has 0 unspecified atom stereocenters. The predicted octanol–water partition coefficient (Wildman–Crippen LogP) is 3.84. The Morgan fingerprint density at radius 2 is 1.50 bits per heavy atom. The van der Waals surface area contributed by atoms with Gasteiger partial charge in [0.1, 0.15) is 18.0 Å². The summed E-state index contributed by atoms with van der Waals surface area (Å²) in [5.74, 6) is -0.404. The standard InChI is InChI=1S/C20H18N4O4/c1-2-28-20(27)14-6-4-8-16(10-14)24-18-11-17(21-12-22-18)23-15-7-3-5-13(9-15)19(25)26/h3-12H,2H2,1H3,(H,25,26)(H2,21,22,23,24). The molecule has 8 nitrogen and oxygen atoms in total. The van der Waals surface area contributed by atoms with Gasteiger partial charge in [0.15, 0.2) is 0 Å². The normalized spacial score (nSPS) is 10.2. The fourth-order valence-corrected chi connectivity index (χ4v) is 2.46. The summed E-state index contributed by atoms with van der Waals surface area (Å²) in [6.45, 7) is 2.06. The summed E-state index contributed by atoms with van der Waals surface area (Å²) in [6.07, 6.45) is 1.38. The van der Waals surface area contributed by atoms with Crippen molar-refractivity contribution in [3.05, 3.63) is 72.1 Å². The number of nitrogens with zero attached hydrogens (tertiary/aromatic N) is 2. The van der Waals surface area contributed by atoms with Crippen LogP contribution in [0.4, 0.5) is 23.0 Å². The highest BCUT2D eigenvalue weighted by Gasteiger charge is 2.08. The number of aromatic nitrogens is 2. The van der Waals surface area contributed by atoms with Crippen LogP contribution >= 0.6 is 0 Å². The molecule has 0 bridgehead atoms. The summed E-state index contributed by atoms with van der Waals surface area (Å²) in [6, 6.07) is 15.0. The molecule has 3 aromatic rings. The van der Waals surface area contributed by atoms with Crippen LogP contribution < -0.4 is 10.6 Å². The molecule has 0 saturated carbocycles. The molecule has 1 heterocycles. The van der Waals surface area contributed by atoms with Gasteiger partial charge in [-0.15, -0.1) is 0 Å². The number of anilines is 4. The van der Waals surface area contributed by atoms with Gasteiger partial charge in [0, 0.05) is 17.4 Å². The van der Waals surface area contributed by atoms with E-state index in [1.54, 1.807) is 49.4 Å². The maximum absolute atomic E-state index is 11.9. The second kappa shape index (κ2) is 8.63. The Hall–Kier alpha value is -3.94. The van der Waals surface area contributed by atoms with E-state index in [9.17, 15) is 9.59 Å². The van der Waals surface area contributed by atoms with E-state index in [0.717, 1.165) is 0 Å². The molecule has 0 atom stereocenters. The molecule has 0 spiro atoms. The lowest BCUT2D eigenvalue weighted by Crippen LogP contribution is -2.05. The van der Waals surface area contributed by atoms with Crippen molar-refractivity contribution in [1.82, 2.24) is 9.97 Å². The Labute approximate surface area is 161 Å². The lowest BCUT2D eigenvalue weighted by Gasteiger charge is -2.10. The van der Waals surface area contributed by atoms with Crippen LogP contribution in [0.15, 0.2) is 60.9 Å². The number of aromatic carboxylic acids is 1. The zero-order chi connectivity index (χ0) is 19.9. The van der Waals surface area contributed by atoms with Gasteiger partial charge in [0.05, 0.1) is 17.7 Å². The average Bonchev–Trinajstić information content (AvgIpc) is 2.69. The number of ether oxygens (including phenoxy) is 1. The van der Waals surface area contributed by atoms with Crippen molar-refractivity contribution in [2.45, 2.75) is 6.92 Å². The van der Waals surface area contributed by atoms with Crippen molar-refractivity contribution < 1.29 is 19.4 Å². The first-order valence-electron chi connectivity index (χ1n) is 8.52. The second-order valence-electron chi connectivity index (χ2n) is 5.73. The number of carbonyl (C=O) groups excluding carboxylic acids is 1. The Bertz CT molecular complexity index is 1010. The smallest absolute Gasteiger partial charge is 0.338 e. The van der Waals surface area contributed by atoms with Crippen LogP contribution in [0.25, 0.3) is 0 Å². The van der Waals surface area contributed by atoms with Crippen LogP contribution in [0.1, 0.15) is 27.6 Å². The summed E-state index contributed by atoms with van der Waals surface area (Å²) in [5, 5.41) is 15.2. The first kappa shape index (κ1) is 18.8. The van der Waals surface area contributed by atoms with Crippen molar-refractivity contribution in [1.29, 1.82) is 0 Å². The fraction of sp³-hybridized carbons (Fsp3) is 0.100. The molecule has 0 aliphatic carbocycles. The van der Waals surface area contributed by atoms with Gasteiger partial charge in [0.2, 0.25) is 0 Å². The van der Waals surface area contributed by atoms with Crippen molar-refractivity contribution in [2.24, 2.45) is 0 Å². The first-order valence-corrected chi connectivity index (χ1v) is 8.52. The van der Waals surface area contributed by atoms with E-state index < -0.39 is 11.9 Å². The van der Waals surface area contributed by atoms with E-state index in [-0.39, 0.29) is 5.56 Å². The first-order chi connectivity index (χ1) is 13.5. The number of carboxylic acid groups (broad SMARTS) is 1. The number of carboxylic acids is 1. The van der Waals surface area contributed by atoms with E-state index in [1.807, 2.05) is 0 Å². The molecule has 0 aliphatic heterocycles. The van der Waals surface area contributed by atoms with Crippen LogP contribution in [0.3, 0.4) is 0 Å². The monoisotopic (exact) mass is 378 g/mol. The Kier molecular flexibility index (Phi) is 5.81. The largest absolute Gasteiger partial charge is 0.478 e.